The summed E-state index contributed by atoms with van der Waals surface area (Å²) in [7, 11) is 3.66. The molecule has 0 amide bonds. The minimum atomic E-state index is -0.0722. The topological polar surface area (TPSA) is 32.8 Å². The highest BCUT2D eigenvalue weighted by Gasteiger charge is 2.34. The molecule has 0 N–H and O–H groups in total. The summed E-state index contributed by atoms with van der Waals surface area (Å²) in [5.74, 6) is 0.542. The molecule has 0 bridgehead atoms. The fourth-order valence-electron chi connectivity index (χ4n) is 3.95. The summed E-state index contributed by atoms with van der Waals surface area (Å²) in [6, 6.07) is 6.88. The van der Waals surface area contributed by atoms with Crippen molar-refractivity contribution in [1.82, 2.24) is 4.90 Å². The van der Waals surface area contributed by atoms with Gasteiger partial charge in [0.05, 0.1) is 13.0 Å². The van der Waals surface area contributed by atoms with Crippen molar-refractivity contribution in [2.24, 2.45) is 11.8 Å². The van der Waals surface area contributed by atoms with E-state index >= 15 is 0 Å². The Kier molecular flexibility index (Phi) is 6.02. The van der Waals surface area contributed by atoms with Crippen molar-refractivity contribution in [3.8, 4) is 0 Å². The molecular formula is C22H32N2O2. The van der Waals surface area contributed by atoms with Crippen molar-refractivity contribution in [3.05, 3.63) is 34.9 Å². The number of ether oxygens (including phenoxy) is 1. The molecule has 4 heteroatoms. The van der Waals surface area contributed by atoms with Crippen LogP contribution in [0.25, 0.3) is 6.08 Å². The Labute approximate surface area is 157 Å². The van der Waals surface area contributed by atoms with Gasteiger partial charge in [-0.25, -0.2) is 0 Å². The molecule has 0 aromatic heterocycles. The van der Waals surface area contributed by atoms with Gasteiger partial charge in [-0.1, -0.05) is 38.0 Å². The Morgan fingerprint density at radius 2 is 2.12 bits per heavy atom. The van der Waals surface area contributed by atoms with Gasteiger partial charge in [0.1, 0.15) is 0 Å². The van der Waals surface area contributed by atoms with Crippen molar-refractivity contribution in [2.45, 2.75) is 33.1 Å². The molecule has 4 nitrogen and oxygen atoms in total. The second-order valence-corrected chi connectivity index (χ2v) is 7.90. The lowest BCUT2D eigenvalue weighted by Gasteiger charge is -2.39. The molecule has 1 aromatic rings. The van der Waals surface area contributed by atoms with E-state index in [0.717, 1.165) is 32.6 Å². The first-order chi connectivity index (χ1) is 12.5. The van der Waals surface area contributed by atoms with Crippen molar-refractivity contribution in [3.63, 3.8) is 0 Å². The molecular weight excluding hydrogens is 324 g/mol. The predicted molar refractivity (Wildman–Crippen MR) is 107 cm³/mol. The van der Waals surface area contributed by atoms with Crippen LogP contribution in [0.3, 0.4) is 0 Å². The van der Waals surface area contributed by atoms with E-state index in [4.69, 9.17) is 4.74 Å². The number of benzene rings is 1. The normalized spacial score (nSPS) is 20.2. The fraction of sp³-hybridized carbons (Fsp3) is 0.591. The van der Waals surface area contributed by atoms with Gasteiger partial charge >= 0.3 is 5.97 Å². The zero-order chi connectivity index (χ0) is 18.7. The van der Waals surface area contributed by atoms with Crippen molar-refractivity contribution < 1.29 is 9.53 Å². The summed E-state index contributed by atoms with van der Waals surface area (Å²) in [5, 5.41) is 0. The van der Waals surface area contributed by atoms with E-state index in [0.29, 0.717) is 5.92 Å². The van der Waals surface area contributed by atoms with Gasteiger partial charge in [0.15, 0.2) is 0 Å². The van der Waals surface area contributed by atoms with Crippen LogP contribution in [0.1, 0.15) is 37.8 Å². The fourth-order valence-corrected chi connectivity index (χ4v) is 3.95. The first-order valence-corrected chi connectivity index (χ1v) is 9.86. The number of hydrogen-bond donors (Lipinski definition) is 0. The van der Waals surface area contributed by atoms with Crippen LogP contribution in [-0.4, -0.2) is 51.2 Å². The standard InChI is InChI=1S/C22H32N2O2/c1-5-6-9-23(3)21-8-7-17-11-19(16(2)10-18(17)12-21)13-24-14-20(15-24)22(25)26-4/h7-8,11-12,16,20H,5-6,9-10,13-15H2,1-4H3/t16-/m0/s1. The lowest BCUT2D eigenvalue weighted by atomic mass is 9.83. The van der Waals surface area contributed by atoms with Crippen molar-refractivity contribution in [1.29, 1.82) is 0 Å². The average Bonchev–Trinajstić information content (AvgIpc) is 2.61. The number of carbonyl (C=O) groups is 1. The van der Waals surface area contributed by atoms with Crippen LogP contribution in [0.4, 0.5) is 5.69 Å². The summed E-state index contributed by atoms with van der Waals surface area (Å²) in [5.41, 5.74) is 5.62. The molecule has 142 valence electrons. The first-order valence-electron chi connectivity index (χ1n) is 9.86. The average molecular weight is 357 g/mol. The van der Waals surface area contributed by atoms with Gasteiger partial charge in [0, 0.05) is 38.9 Å². The number of carbonyl (C=O) groups excluding carboxylic acids is 1. The number of methoxy groups -OCH3 is 1. The molecule has 3 rings (SSSR count). The number of anilines is 1. The lowest BCUT2D eigenvalue weighted by molar-refractivity contribution is -0.151. The molecule has 1 heterocycles. The SMILES string of the molecule is CCCCN(C)c1ccc2c(c1)C[C@H](C)C(CN1CC(C(=O)OC)C1)=C2. The Morgan fingerprint density at radius 3 is 2.81 bits per heavy atom. The van der Waals surface area contributed by atoms with E-state index in [9.17, 15) is 4.79 Å². The lowest BCUT2D eigenvalue weighted by Crippen LogP contribution is -2.51. The van der Waals surface area contributed by atoms with Crippen LogP contribution < -0.4 is 4.90 Å². The van der Waals surface area contributed by atoms with Crippen molar-refractivity contribution >= 4 is 17.7 Å². The van der Waals surface area contributed by atoms with Gasteiger partial charge in [-0.05, 0) is 42.0 Å². The molecule has 0 spiro atoms. The summed E-state index contributed by atoms with van der Waals surface area (Å²) in [6.07, 6.45) is 5.93. The van der Waals surface area contributed by atoms with E-state index < -0.39 is 0 Å². The minimum Gasteiger partial charge on any atom is -0.469 e. The smallest absolute Gasteiger partial charge is 0.311 e. The molecule has 2 aliphatic rings. The quantitative estimate of drug-likeness (QED) is 0.699. The number of unbranched alkanes of at least 4 members (excludes halogenated alkanes) is 1. The number of rotatable bonds is 7. The summed E-state index contributed by atoms with van der Waals surface area (Å²) in [4.78, 5) is 16.3. The van der Waals surface area contributed by atoms with Crippen LogP contribution in [0.2, 0.25) is 0 Å². The number of hydrogen-bond acceptors (Lipinski definition) is 4. The maximum atomic E-state index is 11.5. The van der Waals surface area contributed by atoms with Gasteiger partial charge < -0.3 is 9.64 Å². The van der Waals surface area contributed by atoms with Gasteiger partial charge in [-0.15, -0.1) is 0 Å². The molecule has 1 aliphatic heterocycles. The summed E-state index contributed by atoms with van der Waals surface area (Å²) >= 11 is 0. The van der Waals surface area contributed by atoms with Crippen molar-refractivity contribution in [2.75, 3.05) is 45.2 Å². The zero-order valence-corrected chi connectivity index (χ0v) is 16.6. The highest BCUT2D eigenvalue weighted by Crippen LogP contribution is 2.32. The third kappa shape index (κ3) is 4.12. The predicted octanol–water partition coefficient (Wildman–Crippen LogP) is 3.60. The molecule has 1 aromatic carbocycles. The Morgan fingerprint density at radius 1 is 1.35 bits per heavy atom. The zero-order valence-electron chi connectivity index (χ0n) is 16.6. The van der Waals surface area contributed by atoms with E-state index in [1.165, 1.54) is 42.3 Å². The maximum Gasteiger partial charge on any atom is 0.311 e. The molecule has 0 saturated carbocycles. The van der Waals surface area contributed by atoms with Gasteiger partial charge in [-0.2, -0.15) is 0 Å². The number of esters is 1. The van der Waals surface area contributed by atoms with E-state index in [1.807, 2.05) is 0 Å². The minimum absolute atomic E-state index is 0.0630. The number of likely N-dealkylation sites (tertiary alicyclic amines) is 1. The molecule has 1 aliphatic carbocycles. The summed E-state index contributed by atoms with van der Waals surface area (Å²) in [6.45, 7) is 8.28. The van der Waals surface area contributed by atoms with Gasteiger partial charge in [-0.3, -0.25) is 9.69 Å². The second kappa shape index (κ2) is 8.26. The largest absolute Gasteiger partial charge is 0.469 e. The highest BCUT2D eigenvalue weighted by atomic mass is 16.5. The third-order valence-electron chi connectivity index (χ3n) is 5.81. The first kappa shape index (κ1) is 19.0. The van der Waals surface area contributed by atoms with E-state index in [-0.39, 0.29) is 11.9 Å². The molecule has 1 saturated heterocycles. The molecule has 0 radical (unpaired) electrons. The van der Waals surface area contributed by atoms with Gasteiger partial charge in [0.25, 0.3) is 0 Å². The van der Waals surface area contributed by atoms with Crippen LogP contribution >= 0.6 is 0 Å². The Balaban J connectivity index is 1.65. The van der Waals surface area contributed by atoms with Crippen LogP contribution in [0.5, 0.6) is 0 Å². The van der Waals surface area contributed by atoms with Crippen LogP contribution in [-0.2, 0) is 16.0 Å². The number of nitrogens with zero attached hydrogens (tertiary/aromatic N) is 2. The molecule has 1 fully saturated rings. The van der Waals surface area contributed by atoms with E-state index in [1.54, 1.807) is 0 Å². The Hall–Kier alpha value is -1.81. The second-order valence-electron chi connectivity index (χ2n) is 7.90. The molecule has 0 unspecified atom stereocenters. The van der Waals surface area contributed by atoms with E-state index in [2.05, 4.69) is 55.0 Å². The monoisotopic (exact) mass is 356 g/mol. The third-order valence-corrected chi connectivity index (χ3v) is 5.81. The van der Waals surface area contributed by atoms with Crippen LogP contribution in [0.15, 0.2) is 23.8 Å². The van der Waals surface area contributed by atoms with Crippen LogP contribution in [0, 0.1) is 11.8 Å². The number of fused-ring (bicyclic) bond motifs is 1. The highest BCUT2D eigenvalue weighted by molar-refractivity contribution is 5.74. The molecule has 1 atom stereocenters. The maximum absolute atomic E-state index is 11.5. The van der Waals surface area contributed by atoms with Gasteiger partial charge in [0.2, 0.25) is 0 Å². The summed E-state index contributed by atoms with van der Waals surface area (Å²) < 4.78 is 4.83. The Bertz CT molecular complexity index is 677. The molecule has 26 heavy (non-hydrogen) atoms.